The number of ether oxygens (including phenoxy) is 2. The van der Waals surface area contributed by atoms with E-state index in [4.69, 9.17) is 21.1 Å². The van der Waals surface area contributed by atoms with E-state index in [-0.39, 0.29) is 26.3 Å². The summed E-state index contributed by atoms with van der Waals surface area (Å²) in [5.41, 5.74) is 0.393. The van der Waals surface area contributed by atoms with Crippen molar-refractivity contribution < 1.29 is 23.9 Å². The number of benzene rings is 2. The molecule has 1 unspecified atom stereocenters. The Bertz CT molecular complexity index is 1090. The third kappa shape index (κ3) is 5.59. The highest BCUT2D eigenvalue weighted by Gasteiger charge is 2.47. The summed E-state index contributed by atoms with van der Waals surface area (Å²) in [5, 5.41) is 6.59. The van der Waals surface area contributed by atoms with Crippen LogP contribution in [0.3, 0.4) is 0 Å². The Morgan fingerprint density at radius 2 is 1.68 bits per heavy atom. The number of halogens is 2. The van der Waals surface area contributed by atoms with Gasteiger partial charge < -0.3 is 9.47 Å². The zero-order valence-corrected chi connectivity index (χ0v) is 21.4. The number of imide groups is 1. The van der Waals surface area contributed by atoms with E-state index < -0.39 is 23.4 Å². The van der Waals surface area contributed by atoms with Crippen LogP contribution in [0.15, 0.2) is 58.1 Å². The maximum Gasteiger partial charge on any atom is 0.421 e. The Morgan fingerprint density at radius 1 is 1.06 bits per heavy atom. The van der Waals surface area contributed by atoms with Crippen LogP contribution in [0.25, 0.3) is 0 Å². The van der Waals surface area contributed by atoms with Gasteiger partial charge in [0.2, 0.25) is 0 Å². The van der Waals surface area contributed by atoms with Crippen LogP contribution in [-0.2, 0) is 19.1 Å². The zero-order valence-electron chi connectivity index (χ0n) is 19.1. The van der Waals surface area contributed by atoms with Gasteiger partial charge in [-0.15, -0.1) is 0 Å². The molecule has 10 heteroatoms. The fourth-order valence-electron chi connectivity index (χ4n) is 3.61. The van der Waals surface area contributed by atoms with E-state index in [2.05, 4.69) is 21.0 Å². The number of carbonyl (C=O) groups is 3. The van der Waals surface area contributed by atoms with Crippen molar-refractivity contribution in [1.82, 2.24) is 5.01 Å². The highest BCUT2D eigenvalue weighted by molar-refractivity contribution is 9.10. The number of nitrogens with zero attached hydrogens (tertiary/aromatic N) is 3. The molecule has 180 valence electrons. The van der Waals surface area contributed by atoms with Gasteiger partial charge in [-0.2, -0.15) is 5.10 Å². The van der Waals surface area contributed by atoms with Crippen LogP contribution in [0, 0.1) is 5.41 Å². The van der Waals surface area contributed by atoms with E-state index in [0.29, 0.717) is 22.0 Å². The Balaban J connectivity index is 1.92. The van der Waals surface area contributed by atoms with Crippen molar-refractivity contribution >= 4 is 56.9 Å². The molecule has 1 atom stereocenters. The van der Waals surface area contributed by atoms with Crippen LogP contribution in [0.1, 0.15) is 26.3 Å². The number of hydrogen-bond acceptors (Lipinski definition) is 7. The van der Waals surface area contributed by atoms with Crippen molar-refractivity contribution in [2.45, 2.75) is 20.8 Å². The fraction of sp³-hybridized carbons (Fsp3) is 0.333. The molecule has 0 aliphatic carbocycles. The second-order valence-corrected chi connectivity index (χ2v) is 9.09. The van der Waals surface area contributed by atoms with Crippen molar-refractivity contribution in [2.75, 3.05) is 31.2 Å². The normalized spacial score (nSPS) is 17.2. The highest BCUT2D eigenvalue weighted by Crippen LogP contribution is 2.33. The Morgan fingerprint density at radius 3 is 2.26 bits per heavy atom. The van der Waals surface area contributed by atoms with Gasteiger partial charge in [-0.3, -0.25) is 14.6 Å². The molecule has 1 aliphatic rings. The highest BCUT2D eigenvalue weighted by atomic mass is 79.9. The maximum atomic E-state index is 13.3. The third-order valence-electron chi connectivity index (χ3n) is 5.21. The lowest BCUT2D eigenvalue weighted by Crippen LogP contribution is -2.45. The number of rotatable bonds is 7. The minimum Gasteiger partial charge on any atom is -0.465 e. The standard InChI is InChI=1S/C24H25BrClN3O5/c1-4-33-22(31)24(3)15-28(27-21(24)16-6-10-18(26)11-7-16)14-20(30)29(23(32)34-5-2)19-12-8-17(25)9-13-19/h6-13H,4-5,14-15H2,1-3H3. The summed E-state index contributed by atoms with van der Waals surface area (Å²) in [6.07, 6.45) is -0.788. The molecule has 1 aliphatic heterocycles. The van der Waals surface area contributed by atoms with Gasteiger partial charge >= 0.3 is 12.1 Å². The maximum absolute atomic E-state index is 13.3. The van der Waals surface area contributed by atoms with Crippen LogP contribution >= 0.6 is 27.5 Å². The van der Waals surface area contributed by atoms with E-state index in [9.17, 15) is 14.4 Å². The molecule has 0 N–H and O–H groups in total. The number of carbonyl (C=O) groups excluding carboxylic acids is 3. The smallest absolute Gasteiger partial charge is 0.421 e. The van der Waals surface area contributed by atoms with Gasteiger partial charge in [0, 0.05) is 9.50 Å². The van der Waals surface area contributed by atoms with Crippen molar-refractivity contribution in [1.29, 1.82) is 0 Å². The molecule has 1 heterocycles. The van der Waals surface area contributed by atoms with Gasteiger partial charge in [0.15, 0.2) is 0 Å². The summed E-state index contributed by atoms with van der Waals surface area (Å²) in [5.74, 6) is -0.998. The molecular weight excluding hydrogens is 526 g/mol. The molecule has 34 heavy (non-hydrogen) atoms. The topological polar surface area (TPSA) is 88.5 Å². The number of anilines is 1. The molecule has 0 radical (unpaired) electrons. The molecule has 0 saturated heterocycles. The summed E-state index contributed by atoms with van der Waals surface area (Å²) in [6.45, 7) is 5.29. The lowest BCUT2D eigenvalue weighted by atomic mass is 9.82. The second kappa shape index (κ2) is 11.0. The first-order chi connectivity index (χ1) is 16.2. The number of hydrogen-bond donors (Lipinski definition) is 0. The molecule has 8 nitrogen and oxygen atoms in total. The monoisotopic (exact) mass is 549 g/mol. The Kier molecular flexibility index (Phi) is 8.33. The van der Waals surface area contributed by atoms with Gasteiger partial charge in [0.05, 0.1) is 31.2 Å². The van der Waals surface area contributed by atoms with Gasteiger partial charge in [-0.1, -0.05) is 39.7 Å². The van der Waals surface area contributed by atoms with E-state index in [1.54, 1.807) is 69.3 Å². The minimum absolute atomic E-state index is 0.104. The van der Waals surface area contributed by atoms with Gasteiger partial charge in [0.1, 0.15) is 12.0 Å². The molecule has 2 aromatic rings. The van der Waals surface area contributed by atoms with E-state index >= 15 is 0 Å². The molecule has 0 aromatic heterocycles. The zero-order chi connectivity index (χ0) is 24.9. The predicted octanol–water partition coefficient (Wildman–Crippen LogP) is 4.88. The average molecular weight is 551 g/mol. The van der Waals surface area contributed by atoms with Crippen molar-refractivity contribution in [3.8, 4) is 0 Å². The first-order valence-electron chi connectivity index (χ1n) is 10.7. The molecule has 0 bridgehead atoms. The summed E-state index contributed by atoms with van der Waals surface area (Å²) < 4.78 is 11.2. The fourth-order valence-corrected chi connectivity index (χ4v) is 4.00. The minimum atomic E-state index is -1.11. The van der Waals surface area contributed by atoms with Crippen LogP contribution < -0.4 is 4.90 Å². The Hall–Kier alpha value is -2.91. The average Bonchev–Trinajstić information content (AvgIpc) is 3.13. The van der Waals surface area contributed by atoms with Crippen molar-refractivity contribution in [3.05, 3.63) is 63.6 Å². The first-order valence-corrected chi connectivity index (χ1v) is 11.9. The number of hydrazone groups is 1. The second-order valence-electron chi connectivity index (χ2n) is 7.74. The van der Waals surface area contributed by atoms with Crippen LogP contribution in [0.5, 0.6) is 0 Å². The lowest BCUT2D eigenvalue weighted by molar-refractivity contribution is -0.150. The van der Waals surface area contributed by atoms with Gasteiger partial charge in [0.25, 0.3) is 5.91 Å². The first kappa shape index (κ1) is 25.7. The van der Waals surface area contributed by atoms with Crippen LogP contribution in [0.4, 0.5) is 10.5 Å². The van der Waals surface area contributed by atoms with Crippen LogP contribution in [0.2, 0.25) is 5.02 Å². The van der Waals surface area contributed by atoms with E-state index in [1.807, 2.05) is 0 Å². The molecule has 0 fully saturated rings. The molecule has 3 rings (SSSR count). The Labute approximate surface area is 211 Å². The van der Waals surface area contributed by atoms with Crippen molar-refractivity contribution in [3.63, 3.8) is 0 Å². The van der Waals surface area contributed by atoms with Crippen LogP contribution in [-0.4, -0.2) is 55.0 Å². The summed E-state index contributed by atoms with van der Waals surface area (Å²) in [6, 6.07) is 13.6. The number of esters is 1. The molecule has 0 saturated carbocycles. The number of amides is 2. The quantitative estimate of drug-likeness (QED) is 0.457. The largest absolute Gasteiger partial charge is 0.465 e. The molecule has 2 aromatic carbocycles. The van der Waals surface area contributed by atoms with E-state index in [0.717, 1.165) is 9.37 Å². The summed E-state index contributed by atoms with van der Waals surface area (Å²) >= 11 is 9.36. The van der Waals surface area contributed by atoms with Gasteiger partial charge in [-0.05, 0) is 62.7 Å². The molecule has 0 spiro atoms. The summed E-state index contributed by atoms with van der Waals surface area (Å²) in [7, 11) is 0. The van der Waals surface area contributed by atoms with Crippen molar-refractivity contribution in [2.24, 2.45) is 10.5 Å². The SMILES string of the molecule is CCOC(=O)N(C(=O)CN1CC(C)(C(=O)OCC)C(c2ccc(Cl)cc2)=N1)c1ccc(Br)cc1. The molecule has 2 amide bonds. The lowest BCUT2D eigenvalue weighted by Gasteiger charge is -2.25. The molecular formula is C24H25BrClN3O5. The third-order valence-corrected chi connectivity index (χ3v) is 5.99. The summed E-state index contributed by atoms with van der Waals surface area (Å²) in [4.78, 5) is 39.7. The van der Waals surface area contributed by atoms with E-state index in [1.165, 1.54) is 5.01 Å². The van der Waals surface area contributed by atoms with Gasteiger partial charge in [-0.25, -0.2) is 9.69 Å². The predicted molar refractivity (Wildman–Crippen MR) is 133 cm³/mol.